The van der Waals surface area contributed by atoms with Crippen LogP contribution in [0, 0.1) is 10.1 Å². The SMILES string of the molecule is NC1CC(=O)N(c2cccnc2[N+](=O)[O-])C1. The molecule has 0 aliphatic carbocycles. The topological polar surface area (TPSA) is 102 Å². The van der Waals surface area contributed by atoms with Gasteiger partial charge in [-0.15, -0.1) is 0 Å². The number of carbonyl (C=O) groups is 1. The molecule has 1 atom stereocenters. The molecule has 7 nitrogen and oxygen atoms in total. The normalized spacial score (nSPS) is 20.2. The minimum Gasteiger partial charge on any atom is -0.358 e. The summed E-state index contributed by atoms with van der Waals surface area (Å²) in [6, 6.07) is 2.79. The standard InChI is InChI=1S/C9H10N4O3/c10-6-4-8(14)12(5-6)7-2-1-3-11-9(7)13(15)16/h1-3,6H,4-5,10H2. The molecule has 1 aliphatic rings. The highest BCUT2D eigenvalue weighted by molar-refractivity contribution is 5.97. The summed E-state index contributed by atoms with van der Waals surface area (Å²) in [6.45, 7) is 0.297. The maximum atomic E-state index is 11.6. The van der Waals surface area contributed by atoms with Crippen molar-refractivity contribution in [3.63, 3.8) is 0 Å². The van der Waals surface area contributed by atoms with E-state index in [1.54, 1.807) is 6.07 Å². The zero-order chi connectivity index (χ0) is 11.7. The maximum absolute atomic E-state index is 11.6. The summed E-state index contributed by atoms with van der Waals surface area (Å²) in [5, 5.41) is 10.7. The molecule has 0 bridgehead atoms. The van der Waals surface area contributed by atoms with E-state index in [0.717, 1.165) is 0 Å². The minimum atomic E-state index is -0.605. The fourth-order valence-corrected chi connectivity index (χ4v) is 1.71. The van der Waals surface area contributed by atoms with E-state index >= 15 is 0 Å². The lowest BCUT2D eigenvalue weighted by atomic mass is 10.3. The van der Waals surface area contributed by atoms with Crippen LogP contribution in [0.1, 0.15) is 6.42 Å². The lowest BCUT2D eigenvalue weighted by Gasteiger charge is -2.14. The summed E-state index contributed by atoms with van der Waals surface area (Å²) >= 11 is 0. The van der Waals surface area contributed by atoms with Crippen LogP contribution in [0.2, 0.25) is 0 Å². The average Bonchev–Trinajstić information content (AvgIpc) is 2.57. The van der Waals surface area contributed by atoms with Crippen LogP contribution in [0.3, 0.4) is 0 Å². The van der Waals surface area contributed by atoms with Gasteiger partial charge in [-0.3, -0.25) is 4.79 Å². The van der Waals surface area contributed by atoms with Gasteiger partial charge in [0.05, 0.1) is 0 Å². The Balaban J connectivity index is 2.40. The minimum absolute atomic E-state index is 0.205. The van der Waals surface area contributed by atoms with Gasteiger partial charge in [0.2, 0.25) is 5.91 Å². The number of nitro groups is 1. The molecular weight excluding hydrogens is 212 g/mol. The Morgan fingerprint density at radius 2 is 2.38 bits per heavy atom. The third-order valence-electron chi connectivity index (χ3n) is 2.38. The third kappa shape index (κ3) is 1.72. The molecule has 1 aromatic rings. The first-order valence-electron chi connectivity index (χ1n) is 4.75. The van der Waals surface area contributed by atoms with E-state index in [-0.39, 0.29) is 29.9 Å². The Bertz CT molecular complexity index is 448. The molecule has 2 N–H and O–H groups in total. The number of hydrogen-bond acceptors (Lipinski definition) is 5. The summed E-state index contributed by atoms with van der Waals surface area (Å²) in [6.07, 6.45) is 1.54. The van der Waals surface area contributed by atoms with E-state index in [0.29, 0.717) is 6.54 Å². The molecule has 84 valence electrons. The van der Waals surface area contributed by atoms with Gasteiger partial charge >= 0.3 is 5.82 Å². The van der Waals surface area contributed by atoms with E-state index in [4.69, 9.17) is 5.73 Å². The molecule has 1 aromatic heterocycles. The monoisotopic (exact) mass is 222 g/mol. The number of nitrogens with two attached hydrogens (primary N) is 1. The maximum Gasteiger partial charge on any atom is 0.387 e. The second kappa shape index (κ2) is 3.86. The number of hydrogen-bond donors (Lipinski definition) is 1. The van der Waals surface area contributed by atoms with Gasteiger partial charge in [0.25, 0.3) is 0 Å². The Labute approximate surface area is 91.0 Å². The molecule has 0 radical (unpaired) electrons. The number of pyridine rings is 1. The molecule has 1 saturated heterocycles. The molecule has 2 heterocycles. The molecule has 0 spiro atoms. The number of nitrogens with zero attached hydrogens (tertiary/aromatic N) is 3. The fraction of sp³-hybridized carbons (Fsp3) is 0.333. The van der Waals surface area contributed by atoms with Crippen LogP contribution in [0.25, 0.3) is 0 Å². The first-order valence-corrected chi connectivity index (χ1v) is 4.75. The molecule has 1 unspecified atom stereocenters. The van der Waals surface area contributed by atoms with Crippen LogP contribution < -0.4 is 10.6 Å². The summed E-state index contributed by atoms with van der Waals surface area (Å²) < 4.78 is 0. The van der Waals surface area contributed by atoms with Crippen LogP contribution in [0.5, 0.6) is 0 Å². The van der Waals surface area contributed by atoms with Crippen molar-refractivity contribution in [3.05, 3.63) is 28.4 Å². The van der Waals surface area contributed by atoms with Gasteiger partial charge in [-0.05, 0) is 22.0 Å². The molecular formula is C9H10N4O3. The first-order chi connectivity index (χ1) is 7.59. The molecule has 0 aromatic carbocycles. The van der Waals surface area contributed by atoms with Gasteiger partial charge in [-0.25, -0.2) is 0 Å². The zero-order valence-corrected chi connectivity index (χ0v) is 8.37. The number of anilines is 1. The fourth-order valence-electron chi connectivity index (χ4n) is 1.71. The van der Waals surface area contributed by atoms with Crippen molar-refractivity contribution in [2.24, 2.45) is 5.73 Å². The van der Waals surface area contributed by atoms with Crippen LogP contribution >= 0.6 is 0 Å². The van der Waals surface area contributed by atoms with Gasteiger partial charge in [-0.2, -0.15) is 0 Å². The molecule has 2 rings (SSSR count). The van der Waals surface area contributed by atoms with Crippen molar-refractivity contribution in [1.82, 2.24) is 4.98 Å². The van der Waals surface area contributed by atoms with E-state index in [1.807, 2.05) is 0 Å². The van der Waals surface area contributed by atoms with Gasteiger partial charge in [0.15, 0.2) is 0 Å². The van der Waals surface area contributed by atoms with Crippen molar-refractivity contribution in [1.29, 1.82) is 0 Å². The van der Waals surface area contributed by atoms with E-state index in [9.17, 15) is 14.9 Å². The first kappa shape index (κ1) is 10.5. The number of carbonyl (C=O) groups excluding carboxylic acids is 1. The molecule has 1 aliphatic heterocycles. The highest BCUT2D eigenvalue weighted by atomic mass is 16.6. The number of amides is 1. The van der Waals surface area contributed by atoms with Crippen LogP contribution in [-0.4, -0.2) is 28.4 Å². The lowest BCUT2D eigenvalue weighted by Crippen LogP contribution is -2.28. The number of aromatic nitrogens is 1. The Morgan fingerprint density at radius 3 is 2.94 bits per heavy atom. The second-order valence-electron chi connectivity index (χ2n) is 3.57. The van der Waals surface area contributed by atoms with Crippen LogP contribution in [-0.2, 0) is 4.79 Å². The van der Waals surface area contributed by atoms with E-state index in [1.165, 1.54) is 17.2 Å². The molecule has 16 heavy (non-hydrogen) atoms. The summed E-state index contributed by atoms with van der Waals surface area (Å²) in [5.41, 5.74) is 5.84. The van der Waals surface area contributed by atoms with Crippen molar-refractivity contribution in [3.8, 4) is 0 Å². The zero-order valence-electron chi connectivity index (χ0n) is 8.37. The van der Waals surface area contributed by atoms with Gasteiger partial charge in [-0.1, -0.05) is 0 Å². The predicted octanol–water partition coefficient (Wildman–Crippen LogP) is 0.0538. The van der Waals surface area contributed by atoms with E-state index < -0.39 is 4.92 Å². The van der Waals surface area contributed by atoms with Gasteiger partial charge < -0.3 is 20.7 Å². The van der Waals surface area contributed by atoms with Gasteiger partial charge in [0, 0.05) is 19.0 Å². The molecule has 1 fully saturated rings. The van der Waals surface area contributed by atoms with Crippen LogP contribution in [0.15, 0.2) is 18.3 Å². The largest absolute Gasteiger partial charge is 0.387 e. The van der Waals surface area contributed by atoms with Gasteiger partial charge in [0.1, 0.15) is 11.9 Å². The second-order valence-corrected chi connectivity index (χ2v) is 3.57. The highest BCUT2D eigenvalue weighted by Crippen LogP contribution is 2.28. The Morgan fingerprint density at radius 1 is 1.62 bits per heavy atom. The van der Waals surface area contributed by atoms with Crippen molar-refractivity contribution in [2.75, 3.05) is 11.4 Å². The van der Waals surface area contributed by atoms with Crippen molar-refractivity contribution < 1.29 is 9.72 Å². The Kier molecular flexibility index (Phi) is 2.53. The average molecular weight is 222 g/mol. The van der Waals surface area contributed by atoms with Crippen molar-refractivity contribution in [2.45, 2.75) is 12.5 Å². The smallest absolute Gasteiger partial charge is 0.358 e. The highest BCUT2D eigenvalue weighted by Gasteiger charge is 2.32. The molecule has 1 amide bonds. The summed E-state index contributed by atoms with van der Waals surface area (Å²) in [7, 11) is 0. The predicted molar refractivity (Wildman–Crippen MR) is 55.8 cm³/mol. The van der Waals surface area contributed by atoms with E-state index in [2.05, 4.69) is 4.98 Å². The van der Waals surface area contributed by atoms with Crippen LogP contribution in [0.4, 0.5) is 11.5 Å². The third-order valence-corrected chi connectivity index (χ3v) is 2.38. The quantitative estimate of drug-likeness (QED) is 0.562. The Hall–Kier alpha value is -2.02. The lowest BCUT2D eigenvalue weighted by molar-refractivity contribution is -0.388. The molecule has 7 heteroatoms. The summed E-state index contributed by atoms with van der Waals surface area (Å²) in [4.78, 5) is 26.7. The van der Waals surface area contributed by atoms with Crippen molar-refractivity contribution >= 4 is 17.4 Å². The summed E-state index contributed by atoms with van der Waals surface area (Å²) in [5.74, 6) is -0.520. The molecule has 0 saturated carbocycles. The number of rotatable bonds is 2.